The van der Waals surface area contributed by atoms with E-state index in [0.29, 0.717) is 35.6 Å². The summed E-state index contributed by atoms with van der Waals surface area (Å²) in [4.78, 5) is 20.5. The van der Waals surface area contributed by atoms with Crippen LogP contribution in [-0.2, 0) is 11.3 Å². The third-order valence-corrected chi connectivity index (χ3v) is 7.91. The van der Waals surface area contributed by atoms with Crippen LogP contribution in [0.15, 0.2) is 98.1 Å². The summed E-state index contributed by atoms with van der Waals surface area (Å²) in [5.74, 6) is 1.43. The fourth-order valence-electron chi connectivity index (χ4n) is 4.78. The van der Waals surface area contributed by atoms with Gasteiger partial charge < -0.3 is 19.0 Å². The summed E-state index contributed by atoms with van der Waals surface area (Å²) >= 11 is 1.21. The summed E-state index contributed by atoms with van der Waals surface area (Å²) in [6.45, 7) is 8.27. The topological polar surface area (TPSA) is 85.0 Å². The molecule has 0 bridgehead atoms. The van der Waals surface area contributed by atoms with Gasteiger partial charge >= 0.3 is 5.63 Å². The molecule has 1 atom stereocenters. The number of morpholine rings is 1. The quantitative estimate of drug-likeness (QED) is 0.234. The van der Waals surface area contributed by atoms with Gasteiger partial charge in [-0.3, -0.25) is 9.88 Å². The van der Waals surface area contributed by atoms with Gasteiger partial charge in [0.15, 0.2) is 0 Å². The van der Waals surface area contributed by atoms with E-state index in [9.17, 15) is 9.90 Å². The van der Waals surface area contributed by atoms with Gasteiger partial charge in [-0.1, -0.05) is 43.8 Å². The normalized spacial score (nSPS) is 14.8. The first-order chi connectivity index (χ1) is 19.5. The van der Waals surface area contributed by atoms with Crippen molar-refractivity contribution in [1.82, 2.24) is 9.88 Å². The van der Waals surface area contributed by atoms with Crippen molar-refractivity contribution in [3.63, 3.8) is 0 Å². The van der Waals surface area contributed by atoms with E-state index >= 15 is 0 Å². The monoisotopic (exact) mass is 558 g/mol. The van der Waals surface area contributed by atoms with Crippen molar-refractivity contribution in [2.75, 3.05) is 26.3 Å². The average Bonchev–Trinajstić information content (AvgIpc) is 2.98. The zero-order chi connectivity index (χ0) is 27.9. The standard InChI is InChI=1S/C32H34N2O5S/c1-22(2)18-28(34-14-16-37-17-15-34)24-7-11-27(12-8-24)40-31-29(35)19-30(39-32(31)36)25-5-9-26(10-6-25)38-21-23-4-3-13-33-20-23/h3-13,19-20,22,28,35H,14-18,21H2,1-2H3. The number of aromatic hydroxyl groups is 1. The van der Waals surface area contributed by atoms with E-state index < -0.39 is 5.63 Å². The molecule has 0 saturated carbocycles. The van der Waals surface area contributed by atoms with Gasteiger partial charge in [0.25, 0.3) is 0 Å². The molecule has 1 unspecified atom stereocenters. The van der Waals surface area contributed by atoms with Gasteiger partial charge in [-0.25, -0.2) is 4.79 Å². The van der Waals surface area contributed by atoms with E-state index in [1.807, 2.05) is 24.3 Å². The number of nitrogens with zero attached hydrogens (tertiary/aromatic N) is 2. The van der Waals surface area contributed by atoms with Crippen LogP contribution in [0.1, 0.15) is 37.4 Å². The van der Waals surface area contributed by atoms with Crippen LogP contribution in [0.25, 0.3) is 11.3 Å². The number of pyridine rings is 1. The molecule has 0 amide bonds. The zero-order valence-corrected chi connectivity index (χ0v) is 23.6. The molecule has 2 aromatic heterocycles. The molecular weight excluding hydrogens is 524 g/mol. The Morgan fingerprint density at radius 3 is 2.45 bits per heavy atom. The Labute approximate surface area is 238 Å². The van der Waals surface area contributed by atoms with Crippen LogP contribution < -0.4 is 10.4 Å². The highest BCUT2D eigenvalue weighted by Gasteiger charge is 2.23. The largest absolute Gasteiger partial charge is 0.506 e. The molecule has 1 aliphatic heterocycles. The van der Waals surface area contributed by atoms with Crippen LogP contribution in [0.4, 0.5) is 0 Å². The van der Waals surface area contributed by atoms with E-state index in [0.717, 1.165) is 43.2 Å². The maximum Gasteiger partial charge on any atom is 0.354 e. The summed E-state index contributed by atoms with van der Waals surface area (Å²) in [5, 5.41) is 10.7. The predicted molar refractivity (Wildman–Crippen MR) is 156 cm³/mol. The van der Waals surface area contributed by atoms with Crippen LogP contribution in [0.2, 0.25) is 0 Å². The van der Waals surface area contributed by atoms with Crippen LogP contribution in [0, 0.1) is 5.92 Å². The van der Waals surface area contributed by atoms with Gasteiger partial charge in [-0.2, -0.15) is 0 Å². The Hall–Kier alpha value is -3.59. The second-order valence-electron chi connectivity index (χ2n) is 10.3. The van der Waals surface area contributed by atoms with E-state index in [1.165, 1.54) is 23.4 Å². The SMILES string of the molecule is CC(C)CC(c1ccc(Sc2c(O)cc(-c3ccc(OCc4cccnc4)cc3)oc2=O)cc1)N1CCOCC1. The molecule has 7 nitrogen and oxygen atoms in total. The minimum absolute atomic E-state index is 0.108. The zero-order valence-electron chi connectivity index (χ0n) is 22.8. The highest BCUT2D eigenvalue weighted by Crippen LogP contribution is 2.36. The second-order valence-corrected chi connectivity index (χ2v) is 11.3. The predicted octanol–water partition coefficient (Wildman–Crippen LogP) is 6.56. The van der Waals surface area contributed by atoms with Gasteiger partial charge in [0.1, 0.15) is 28.8 Å². The molecular formula is C32H34N2O5S. The lowest BCUT2D eigenvalue weighted by molar-refractivity contribution is 0.0116. The first kappa shape index (κ1) is 28.0. The second kappa shape index (κ2) is 13.2. The first-order valence-corrected chi connectivity index (χ1v) is 14.4. The Morgan fingerprint density at radius 1 is 1.05 bits per heavy atom. The number of hydrogen-bond donors (Lipinski definition) is 1. The molecule has 5 rings (SSSR count). The maximum absolute atomic E-state index is 12.9. The summed E-state index contributed by atoms with van der Waals surface area (Å²) in [6, 6.07) is 21.1. The van der Waals surface area contributed by atoms with Crippen molar-refractivity contribution >= 4 is 11.8 Å². The van der Waals surface area contributed by atoms with Gasteiger partial charge in [0.2, 0.25) is 0 Å². The number of ether oxygens (including phenoxy) is 2. The summed E-state index contributed by atoms with van der Waals surface area (Å²) in [5.41, 5.74) is 2.31. The average molecular weight is 559 g/mol. The highest BCUT2D eigenvalue weighted by atomic mass is 32.2. The van der Waals surface area contributed by atoms with Gasteiger partial charge in [-0.15, -0.1) is 0 Å². The molecule has 0 radical (unpaired) electrons. The van der Waals surface area contributed by atoms with Gasteiger partial charge in [-0.05, 0) is 60.4 Å². The van der Waals surface area contributed by atoms with Crippen molar-refractivity contribution in [3.8, 4) is 22.8 Å². The van der Waals surface area contributed by atoms with Crippen molar-refractivity contribution in [2.24, 2.45) is 5.92 Å². The Morgan fingerprint density at radius 2 is 1.80 bits per heavy atom. The number of benzene rings is 2. The minimum atomic E-state index is -0.577. The summed E-state index contributed by atoms with van der Waals surface area (Å²) in [6.07, 6.45) is 4.54. The lowest BCUT2D eigenvalue weighted by Crippen LogP contribution is -2.39. The molecule has 208 valence electrons. The summed E-state index contributed by atoms with van der Waals surface area (Å²) in [7, 11) is 0. The van der Waals surface area contributed by atoms with E-state index in [2.05, 4.69) is 35.9 Å². The van der Waals surface area contributed by atoms with Crippen molar-refractivity contribution in [2.45, 2.75) is 42.7 Å². The van der Waals surface area contributed by atoms with Gasteiger partial charge in [0.05, 0.1) is 13.2 Å². The lowest BCUT2D eigenvalue weighted by atomic mass is 9.95. The highest BCUT2D eigenvalue weighted by molar-refractivity contribution is 7.99. The fourth-order valence-corrected chi connectivity index (χ4v) is 5.58. The molecule has 40 heavy (non-hydrogen) atoms. The number of aromatic nitrogens is 1. The number of rotatable bonds is 10. The molecule has 1 aliphatic rings. The Balaban J connectivity index is 1.26. The molecule has 3 heterocycles. The third-order valence-electron chi connectivity index (χ3n) is 6.82. The smallest absolute Gasteiger partial charge is 0.354 e. The van der Waals surface area contributed by atoms with E-state index in [1.54, 1.807) is 36.7 Å². The molecule has 1 saturated heterocycles. The van der Waals surface area contributed by atoms with Crippen LogP contribution in [0.5, 0.6) is 11.5 Å². The molecule has 2 aromatic carbocycles. The first-order valence-electron chi connectivity index (χ1n) is 13.5. The minimum Gasteiger partial charge on any atom is -0.506 e. The molecule has 1 N–H and O–H groups in total. The van der Waals surface area contributed by atoms with Crippen LogP contribution in [-0.4, -0.2) is 41.3 Å². The van der Waals surface area contributed by atoms with Crippen molar-refractivity contribution in [1.29, 1.82) is 0 Å². The maximum atomic E-state index is 12.9. The van der Waals surface area contributed by atoms with Crippen LogP contribution >= 0.6 is 11.8 Å². The Kier molecular flexibility index (Phi) is 9.21. The van der Waals surface area contributed by atoms with Crippen molar-refractivity contribution in [3.05, 3.63) is 101 Å². The van der Waals surface area contributed by atoms with Crippen molar-refractivity contribution < 1.29 is 19.0 Å². The summed E-state index contributed by atoms with van der Waals surface area (Å²) < 4.78 is 16.9. The Bertz CT molecular complexity index is 1430. The molecule has 4 aromatic rings. The number of hydrogen-bond acceptors (Lipinski definition) is 8. The third kappa shape index (κ3) is 7.13. The molecule has 0 aliphatic carbocycles. The van der Waals surface area contributed by atoms with E-state index in [4.69, 9.17) is 13.9 Å². The molecule has 8 heteroatoms. The lowest BCUT2D eigenvalue weighted by Gasteiger charge is -2.35. The molecule has 0 spiro atoms. The van der Waals surface area contributed by atoms with E-state index in [-0.39, 0.29) is 10.6 Å². The fraction of sp³-hybridized carbons (Fsp3) is 0.312. The van der Waals surface area contributed by atoms with Crippen LogP contribution in [0.3, 0.4) is 0 Å². The molecule has 1 fully saturated rings. The van der Waals surface area contributed by atoms with Gasteiger partial charge in [0, 0.05) is 53.6 Å².